The fourth-order valence-electron chi connectivity index (χ4n) is 2.07. The second-order valence-corrected chi connectivity index (χ2v) is 4.84. The molecule has 2 heteroatoms. The van der Waals surface area contributed by atoms with E-state index in [2.05, 4.69) is 0 Å². The molecule has 1 aliphatic rings. The predicted octanol–water partition coefficient (Wildman–Crippen LogP) is 3.29. The zero-order valence-electron chi connectivity index (χ0n) is 9.79. The summed E-state index contributed by atoms with van der Waals surface area (Å²) in [5, 5.41) is 0. The zero-order valence-corrected chi connectivity index (χ0v) is 9.79. The van der Waals surface area contributed by atoms with Gasteiger partial charge in [-0.15, -0.1) is 0 Å². The van der Waals surface area contributed by atoms with E-state index in [0.717, 1.165) is 11.1 Å². The monoisotopic (exact) mass is 220 g/mol. The molecular weight excluding hydrogens is 203 g/mol. The molecule has 0 radical (unpaired) electrons. The minimum Gasteiger partial charge on any atom is -0.299 e. The van der Waals surface area contributed by atoms with Gasteiger partial charge in [0.1, 0.15) is 11.6 Å². The first kappa shape index (κ1) is 11.3. The molecule has 0 saturated heterocycles. The number of hydrogen-bond acceptors (Lipinski definition) is 1. The summed E-state index contributed by atoms with van der Waals surface area (Å²) in [4.78, 5) is 11.9. The van der Waals surface area contributed by atoms with Gasteiger partial charge in [0.15, 0.2) is 0 Å². The number of carbonyl (C=O) groups is 1. The van der Waals surface area contributed by atoms with E-state index in [4.69, 9.17) is 0 Å². The maximum absolute atomic E-state index is 12.9. The summed E-state index contributed by atoms with van der Waals surface area (Å²) in [6.45, 7) is 3.87. The highest BCUT2D eigenvalue weighted by Crippen LogP contribution is 2.37. The smallest absolute Gasteiger partial charge is 0.140 e. The van der Waals surface area contributed by atoms with Crippen LogP contribution in [0.1, 0.15) is 30.9 Å². The Hall–Kier alpha value is -1.18. The second-order valence-electron chi connectivity index (χ2n) is 4.84. The van der Waals surface area contributed by atoms with Gasteiger partial charge in [0.2, 0.25) is 0 Å². The third kappa shape index (κ3) is 2.49. The summed E-state index contributed by atoms with van der Waals surface area (Å²) in [6, 6.07) is 4.64. The van der Waals surface area contributed by atoms with Crippen molar-refractivity contribution in [1.82, 2.24) is 0 Å². The van der Waals surface area contributed by atoms with Gasteiger partial charge in [0.05, 0.1) is 0 Å². The number of benzene rings is 1. The fraction of sp³-hybridized carbons (Fsp3) is 0.500. The van der Waals surface area contributed by atoms with Crippen LogP contribution in [-0.4, -0.2) is 5.78 Å². The van der Waals surface area contributed by atoms with Gasteiger partial charge >= 0.3 is 0 Å². The first-order valence-corrected chi connectivity index (χ1v) is 5.85. The van der Waals surface area contributed by atoms with Gasteiger partial charge in [-0.3, -0.25) is 4.79 Å². The predicted molar refractivity (Wildman–Crippen MR) is 61.7 cm³/mol. The molecular formula is C14H17FO. The molecule has 16 heavy (non-hydrogen) atoms. The van der Waals surface area contributed by atoms with E-state index in [-0.39, 0.29) is 17.5 Å². The Morgan fingerprint density at radius 1 is 1.50 bits per heavy atom. The van der Waals surface area contributed by atoms with Crippen LogP contribution in [0.25, 0.3) is 0 Å². The summed E-state index contributed by atoms with van der Waals surface area (Å²) >= 11 is 0. The minimum absolute atomic E-state index is 0.171. The summed E-state index contributed by atoms with van der Waals surface area (Å²) in [7, 11) is 0. The van der Waals surface area contributed by atoms with Crippen molar-refractivity contribution in [3.63, 3.8) is 0 Å². The Morgan fingerprint density at radius 3 is 2.75 bits per heavy atom. The third-order valence-corrected chi connectivity index (χ3v) is 3.51. The van der Waals surface area contributed by atoms with Crippen LogP contribution in [0.5, 0.6) is 0 Å². The van der Waals surface area contributed by atoms with Crippen molar-refractivity contribution in [3.8, 4) is 0 Å². The lowest BCUT2D eigenvalue weighted by molar-refractivity contribution is -0.122. The highest BCUT2D eigenvalue weighted by Gasteiger charge is 2.32. The Morgan fingerprint density at radius 2 is 2.19 bits per heavy atom. The number of aryl methyl sites for hydroxylation is 1. The third-order valence-electron chi connectivity index (χ3n) is 3.51. The average Bonchev–Trinajstić information content (AvgIpc) is 3.04. The number of hydrogen-bond donors (Lipinski definition) is 0. The summed E-state index contributed by atoms with van der Waals surface area (Å²) < 4.78 is 12.9. The average molecular weight is 220 g/mol. The highest BCUT2D eigenvalue weighted by atomic mass is 19.1. The van der Waals surface area contributed by atoms with Crippen LogP contribution in [0, 0.1) is 24.6 Å². The molecule has 2 rings (SSSR count). The van der Waals surface area contributed by atoms with Crippen molar-refractivity contribution in [2.24, 2.45) is 11.8 Å². The van der Waals surface area contributed by atoms with Crippen LogP contribution in [0.15, 0.2) is 18.2 Å². The Bertz CT molecular complexity index is 407. The number of halogens is 1. The lowest BCUT2D eigenvalue weighted by Gasteiger charge is -2.10. The van der Waals surface area contributed by atoms with Gasteiger partial charge in [-0.1, -0.05) is 13.0 Å². The molecule has 0 spiro atoms. The van der Waals surface area contributed by atoms with E-state index in [1.807, 2.05) is 13.8 Å². The minimum atomic E-state index is -0.232. The quantitative estimate of drug-likeness (QED) is 0.761. The normalized spacial score (nSPS) is 17.2. The SMILES string of the molecule is Cc1cc(F)ccc1CC(=O)C(C)C1CC1. The fourth-order valence-corrected chi connectivity index (χ4v) is 2.07. The van der Waals surface area contributed by atoms with E-state index in [9.17, 15) is 9.18 Å². The van der Waals surface area contributed by atoms with E-state index in [1.165, 1.54) is 25.0 Å². The summed E-state index contributed by atoms with van der Waals surface area (Å²) in [5.41, 5.74) is 1.83. The van der Waals surface area contributed by atoms with Crippen LogP contribution < -0.4 is 0 Å². The van der Waals surface area contributed by atoms with Crippen molar-refractivity contribution < 1.29 is 9.18 Å². The van der Waals surface area contributed by atoms with Gasteiger partial charge < -0.3 is 0 Å². The maximum atomic E-state index is 12.9. The molecule has 0 heterocycles. The van der Waals surface area contributed by atoms with Crippen molar-refractivity contribution in [1.29, 1.82) is 0 Å². The molecule has 0 bridgehead atoms. The standard InChI is InChI=1S/C14H17FO/c1-9-7-13(15)6-5-12(9)8-14(16)10(2)11-3-4-11/h5-7,10-11H,3-4,8H2,1-2H3. The van der Waals surface area contributed by atoms with Gasteiger partial charge in [-0.25, -0.2) is 4.39 Å². The molecule has 0 amide bonds. The van der Waals surface area contributed by atoms with Crippen LogP contribution in [0.3, 0.4) is 0 Å². The van der Waals surface area contributed by atoms with Crippen LogP contribution in [-0.2, 0) is 11.2 Å². The Kier molecular flexibility index (Phi) is 3.08. The van der Waals surface area contributed by atoms with E-state index in [1.54, 1.807) is 6.07 Å². The lowest BCUT2D eigenvalue weighted by Crippen LogP contribution is -2.16. The first-order chi connectivity index (χ1) is 7.58. The summed E-state index contributed by atoms with van der Waals surface area (Å²) in [5.74, 6) is 0.832. The topological polar surface area (TPSA) is 17.1 Å². The molecule has 0 N–H and O–H groups in total. The second kappa shape index (κ2) is 4.36. The number of rotatable bonds is 4. The van der Waals surface area contributed by atoms with Crippen molar-refractivity contribution >= 4 is 5.78 Å². The van der Waals surface area contributed by atoms with Crippen LogP contribution in [0.2, 0.25) is 0 Å². The molecule has 1 aromatic rings. The number of Topliss-reactive ketones (excluding diaryl/α,β-unsaturated/α-hetero) is 1. The molecule has 1 nitrogen and oxygen atoms in total. The highest BCUT2D eigenvalue weighted by molar-refractivity contribution is 5.83. The van der Waals surface area contributed by atoms with Crippen LogP contribution in [0.4, 0.5) is 4.39 Å². The molecule has 1 atom stereocenters. The lowest BCUT2D eigenvalue weighted by atomic mass is 9.94. The molecule has 1 fully saturated rings. The Balaban J connectivity index is 2.05. The molecule has 0 aliphatic heterocycles. The van der Waals surface area contributed by atoms with E-state index >= 15 is 0 Å². The van der Waals surface area contributed by atoms with Gasteiger partial charge in [0.25, 0.3) is 0 Å². The van der Waals surface area contributed by atoms with Crippen molar-refractivity contribution in [2.75, 3.05) is 0 Å². The molecule has 86 valence electrons. The van der Waals surface area contributed by atoms with Gasteiger partial charge in [-0.05, 0) is 48.9 Å². The molecule has 1 unspecified atom stereocenters. The van der Waals surface area contributed by atoms with Gasteiger partial charge in [-0.2, -0.15) is 0 Å². The number of carbonyl (C=O) groups excluding carboxylic acids is 1. The molecule has 1 aliphatic carbocycles. The Labute approximate surface area is 95.7 Å². The van der Waals surface area contributed by atoms with Crippen LogP contribution >= 0.6 is 0 Å². The van der Waals surface area contributed by atoms with E-state index in [0.29, 0.717) is 12.3 Å². The largest absolute Gasteiger partial charge is 0.299 e. The molecule has 1 saturated carbocycles. The first-order valence-electron chi connectivity index (χ1n) is 5.85. The maximum Gasteiger partial charge on any atom is 0.140 e. The van der Waals surface area contributed by atoms with Crippen molar-refractivity contribution in [2.45, 2.75) is 33.1 Å². The molecule has 0 aromatic heterocycles. The van der Waals surface area contributed by atoms with E-state index < -0.39 is 0 Å². The molecule has 1 aromatic carbocycles. The van der Waals surface area contributed by atoms with Gasteiger partial charge in [0, 0.05) is 12.3 Å². The zero-order chi connectivity index (χ0) is 11.7. The summed E-state index contributed by atoms with van der Waals surface area (Å²) in [6.07, 6.45) is 2.83. The number of ketones is 1. The van der Waals surface area contributed by atoms with Crippen molar-refractivity contribution in [3.05, 3.63) is 35.1 Å².